The van der Waals surface area contributed by atoms with E-state index in [0.717, 1.165) is 16.7 Å². The number of para-hydroxylation sites is 1. The molecule has 0 bridgehead atoms. The molecule has 0 atom stereocenters. The summed E-state index contributed by atoms with van der Waals surface area (Å²) >= 11 is 6.04. The Labute approximate surface area is 242 Å². The molecule has 2 amide bonds. The smallest absolute Gasteiger partial charge is 0.324 e. The van der Waals surface area contributed by atoms with Gasteiger partial charge in [-0.3, -0.25) is 5.32 Å². The standard InChI is InChI=1S/C31H27ClN8O/c1-31(2,40-29(34)24(19-33)28(39-40)21-12-14-23(32)15-13-21)18-22-10-6-7-11-25(22)35-30(41)36-27-17-16-26(37-38-27)20-8-4-3-5-9-20/h3-17H,18,34H2,1-2H3,(H2,35,36,38,41). The Balaban J connectivity index is 1.33. The average molecular weight is 563 g/mol. The normalized spacial score (nSPS) is 11.1. The maximum Gasteiger partial charge on any atom is 0.324 e. The summed E-state index contributed by atoms with van der Waals surface area (Å²) in [5.41, 5.74) is 10.4. The molecule has 5 aromatic rings. The summed E-state index contributed by atoms with van der Waals surface area (Å²) in [6.07, 6.45) is 0.464. The molecule has 0 aliphatic heterocycles. The number of rotatable bonds is 7. The fourth-order valence-electron chi connectivity index (χ4n) is 4.58. The monoisotopic (exact) mass is 562 g/mol. The number of hydrogen-bond acceptors (Lipinski definition) is 6. The van der Waals surface area contributed by atoms with E-state index in [2.05, 4.69) is 26.9 Å². The Kier molecular flexibility index (Phi) is 7.68. The summed E-state index contributed by atoms with van der Waals surface area (Å²) < 4.78 is 1.66. The number of aromatic nitrogens is 4. The van der Waals surface area contributed by atoms with E-state index in [1.165, 1.54) is 0 Å². The van der Waals surface area contributed by atoms with Crippen LogP contribution in [0.3, 0.4) is 0 Å². The van der Waals surface area contributed by atoms with Crippen LogP contribution in [0.15, 0.2) is 91.0 Å². The first kappa shape index (κ1) is 27.4. The molecule has 0 aliphatic rings. The van der Waals surface area contributed by atoms with Gasteiger partial charge in [0.25, 0.3) is 0 Å². The van der Waals surface area contributed by atoms with Crippen LogP contribution in [-0.2, 0) is 12.0 Å². The number of nitrogens with two attached hydrogens (primary N) is 1. The van der Waals surface area contributed by atoms with Gasteiger partial charge in [-0.15, -0.1) is 10.2 Å². The molecular formula is C31H27ClN8O. The number of carbonyl (C=O) groups is 1. The van der Waals surface area contributed by atoms with Crippen molar-refractivity contribution in [2.45, 2.75) is 25.8 Å². The molecule has 41 heavy (non-hydrogen) atoms. The van der Waals surface area contributed by atoms with Crippen molar-refractivity contribution in [3.05, 3.63) is 107 Å². The van der Waals surface area contributed by atoms with Gasteiger partial charge in [0.2, 0.25) is 0 Å². The molecule has 9 nitrogen and oxygen atoms in total. The van der Waals surface area contributed by atoms with Crippen LogP contribution in [0.1, 0.15) is 25.0 Å². The van der Waals surface area contributed by atoms with Gasteiger partial charge in [-0.2, -0.15) is 10.4 Å². The topological polar surface area (TPSA) is 135 Å². The Hall–Kier alpha value is -5.20. The highest BCUT2D eigenvalue weighted by Crippen LogP contribution is 2.34. The third-order valence-electron chi connectivity index (χ3n) is 6.59. The van der Waals surface area contributed by atoms with Crippen molar-refractivity contribution in [1.82, 2.24) is 20.0 Å². The van der Waals surface area contributed by atoms with Crippen LogP contribution < -0.4 is 16.4 Å². The van der Waals surface area contributed by atoms with Crippen LogP contribution in [0.2, 0.25) is 5.02 Å². The van der Waals surface area contributed by atoms with E-state index in [9.17, 15) is 10.1 Å². The fraction of sp³-hybridized carbons (Fsp3) is 0.129. The molecule has 5 rings (SSSR count). The van der Waals surface area contributed by atoms with Crippen molar-refractivity contribution in [2.24, 2.45) is 0 Å². The molecule has 0 fully saturated rings. The maximum atomic E-state index is 12.9. The maximum absolute atomic E-state index is 12.9. The number of hydrogen-bond donors (Lipinski definition) is 3. The van der Waals surface area contributed by atoms with Crippen LogP contribution in [0, 0.1) is 11.3 Å². The van der Waals surface area contributed by atoms with E-state index in [4.69, 9.17) is 22.4 Å². The van der Waals surface area contributed by atoms with Gasteiger partial charge in [0, 0.05) is 21.8 Å². The number of nitrogens with zero attached hydrogens (tertiary/aromatic N) is 5. The quantitative estimate of drug-likeness (QED) is 0.201. The molecule has 10 heteroatoms. The lowest BCUT2D eigenvalue weighted by Crippen LogP contribution is -2.32. The summed E-state index contributed by atoms with van der Waals surface area (Å²) in [6.45, 7) is 3.95. The van der Waals surface area contributed by atoms with Crippen molar-refractivity contribution < 1.29 is 4.79 Å². The minimum atomic E-state index is -0.645. The van der Waals surface area contributed by atoms with Gasteiger partial charge in [0.15, 0.2) is 5.82 Å². The predicted octanol–water partition coefficient (Wildman–Crippen LogP) is 6.74. The van der Waals surface area contributed by atoms with Crippen molar-refractivity contribution in [3.63, 3.8) is 0 Å². The van der Waals surface area contributed by atoms with Crippen LogP contribution in [0.5, 0.6) is 0 Å². The summed E-state index contributed by atoms with van der Waals surface area (Å²) in [4.78, 5) is 12.9. The van der Waals surface area contributed by atoms with E-state index in [-0.39, 0.29) is 5.82 Å². The molecule has 0 unspecified atom stereocenters. The molecule has 0 radical (unpaired) electrons. The lowest BCUT2D eigenvalue weighted by molar-refractivity contribution is 0.262. The number of halogens is 1. The highest BCUT2D eigenvalue weighted by Gasteiger charge is 2.29. The number of nitriles is 1. The van der Waals surface area contributed by atoms with Gasteiger partial charge < -0.3 is 11.1 Å². The second-order valence-electron chi connectivity index (χ2n) is 10.0. The van der Waals surface area contributed by atoms with Crippen molar-refractivity contribution >= 4 is 35.0 Å². The Bertz CT molecular complexity index is 1720. The number of nitrogen functional groups attached to an aromatic ring is 1. The molecule has 3 aromatic carbocycles. The zero-order valence-electron chi connectivity index (χ0n) is 22.5. The second kappa shape index (κ2) is 11.5. The number of anilines is 3. The number of urea groups is 1. The van der Waals surface area contributed by atoms with Gasteiger partial charge >= 0.3 is 6.03 Å². The second-order valence-corrected chi connectivity index (χ2v) is 10.5. The van der Waals surface area contributed by atoms with Crippen LogP contribution in [0.4, 0.5) is 22.1 Å². The molecule has 0 saturated heterocycles. The Morgan fingerprint density at radius 1 is 0.927 bits per heavy atom. The zero-order chi connectivity index (χ0) is 29.0. The zero-order valence-corrected chi connectivity index (χ0v) is 23.2. The minimum Gasteiger partial charge on any atom is -0.383 e. The summed E-state index contributed by atoms with van der Waals surface area (Å²) in [5.74, 6) is 0.589. The molecule has 0 saturated carbocycles. The van der Waals surface area contributed by atoms with Crippen LogP contribution >= 0.6 is 11.6 Å². The van der Waals surface area contributed by atoms with Crippen molar-refractivity contribution in [1.29, 1.82) is 5.26 Å². The summed E-state index contributed by atoms with van der Waals surface area (Å²) in [7, 11) is 0. The van der Waals surface area contributed by atoms with Gasteiger partial charge in [0.1, 0.15) is 23.1 Å². The average Bonchev–Trinajstić information content (AvgIpc) is 3.32. The molecule has 204 valence electrons. The van der Waals surface area contributed by atoms with Crippen LogP contribution in [-0.4, -0.2) is 26.0 Å². The third-order valence-corrected chi connectivity index (χ3v) is 6.84. The largest absolute Gasteiger partial charge is 0.383 e. The highest BCUT2D eigenvalue weighted by atomic mass is 35.5. The predicted molar refractivity (Wildman–Crippen MR) is 161 cm³/mol. The molecule has 2 heterocycles. The van der Waals surface area contributed by atoms with E-state index in [1.54, 1.807) is 41.1 Å². The van der Waals surface area contributed by atoms with Gasteiger partial charge in [-0.1, -0.05) is 72.3 Å². The summed E-state index contributed by atoms with van der Waals surface area (Å²) in [6, 6.07) is 29.5. The Morgan fingerprint density at radius 2 is 1.63 bits per heavy atom. The number of amides is 2. The minimum absolute atomic E-state index is 0.267. The first-order valence-electron chi connectivity index (χ1n) is 12.9. The van der Waals surface area contributed by atoms with E-state index in [1.807, 2.05) is 68.4 Å². The summed E-state index contributed by atoms with van der Waals surface area (Å²) in [5, 5.41) is 29.2. The molecule has 2 aromatic heterocycles. The molecule has 4 N–H and O–H groups in total. The van der Waals surface area contributed by atoms with Crippen LogP contribution in [0.25, 0.3) is 22.5 Å². The lowest BCUT2D eigenvalue weighted by atomic mass is 9.94. The molecule has 0 spiro atoms. The van der Waals surface area contributed by atoms with Gasteiger partial charge in [-0.05, 0) is 56.2 Å². The number of nitrogens with one attached hydrogen (secondary N) is 2. The highest BCUT2D eigenvalue weighted by molar-refractivity contribution is 6.30. The van der Waals surface area contributed by atoms with E-state index >= 15 is 0 Å². The first-order valence-corrected chi connectivity index (χ1v) is 13.2. The fourth-order valence-corrected chi connectivity index (χ4v) is 4.71. The van der Waals surface area contributed by atoms with Crippen molar-refractivity contribution in [2.75, 3.05) is 16.4 Å². The van der Waals surface area contributed by atoms with Gasteiger partial charge in [-0.25, -0.2) is 9.48 Å². The van der Waals surface area contributed by atoms with Crippen molar-refractivity contribution in [3.8, 4) is 28.6 Å². The number of carbonyl (C=O) groups excluding carboxylic acids is 1. The third kappa shape index (κ3) is 6.03. The number of benzene rings is 3. The first-order chi connectivity index (χ1) is 19.7. The lowest BCUT2D eigenvalue weighted by Gasteiger charge is -2.28. The Morgan fingerprint density at radius 3 is 2.32 bits per heavy atom. The SMILES string of the molecule is CC(C)(Cc1ccccc1NC(=O)Nc1ccc(-c2ccccc2)nn1)n1nc(-c2ccc(Cl)cc2)c(C#N)c1N. The molecular weight excluding hydrogens is 536 g/mol. The van der Waals surface area contributed by atoms with Gasteiger partial charge in [0.05, 0.1) is 11.2 Å². The molecule has 0 aliphatic carbocycles. The van der Waals surface area contributed by atoms with E-state index in [0.29, 0.717) is 39.9 Å². The van der Waals surface area contributed by atoms with E-state index < -0.39 is 11.6 Å².